The van der Waals surface area contributed by atoms with Crippen molar-refractivity contribution in [3.63, 3.8) is 0 Å². The van der Waals surface area contributed by atoms with Gasteiger partial charge in [-0.25, -0.2) is 4.98 Å². The summed E-state index contributed by atoms with van der Waals surface area (Å²) in [5.74, 6) is 2.27. The molecular weight excluding hydrogens is 560 g/mol. The Bertz CT molecular complexity index is 2160. The van der Waals surface area contributed by atoms with E-state index < -0.39 is 0 Å². The zero-order chi connectivity index (χ0) is 31.4. The summed E-state index contributed by atoms with van der Waals surface area (Å²) in [4.78, 5) is 5.34. The van der Waals surface area contributed by atoms with Gasteiger partial charge < -0.3 is 4.42 Å². The Balaban J connectivity index is 1.37. The standard InChI is InChI=1S/C43H42N2O/c1-27(2)34-25-33(30-15-9-6-10-16-30)26-35(28(3)4)42(34)45-39-18-12-11-17-38(39)44-43(45)32-20-22-41-37(24-32)36-23-31(19-21-40(36)46-41)29-13-7-5-8-14-29/h6,9-12,15-29H,5,7-8,13-14H2,1-4H3. The number of aromatic nitrogens is 2. The van der Waals surface area contributed by atoms with Gasteiger partial charge in [-0.05, 0) is 113 Å². The fourth-order valence-electron chi connectivity index (χ4n) is 7.69. The van der Waals surface area contributed by atoms with E-state index >= 15 is 0 Å². The number of hydrogen-bond acceptors (Lipinski definition) is 2. The summed E-state index contributed by atoms with van der Waals surface area (Å²) in [6.07, 6.45) is 6.60. The topological polar surface area (TPSA) is 31.0 Å². The monoisotopic (exact) mass is 602 g/mol. The average molecular weight is 603 g/mol. The van der Waals surface area contributed by atoms with Gasteiger partial charge >= 0.3 is 0 Å². The predicted molar refractivity (Wildman–Crippen MR) is 193 cm³/mol. The lowest BCUT2D eigenvalue weighted by Crippen LogP contribution is -2.09. The van der Waals surface area contributed by atoms with E-state index in [9.17, 15) is 0 Å². The molecule has 1 fully saturated rings. The summed E-state index contributed by atoms with van der Waals surface area (Å²) in [5.41, 5.74) is 13.0. The molecule has 0 amide bonds. The van der Waals surface area contributed by atoms with E-state index in [1.807, 2.05) is 0 Å². The molecule has 46 heavy (non-hydrogen) atoms. The van der Waals surface area contributed by atoms with Crippen molar-refractivity contribution in [2.24, 2.45) is 0 Å². The number of para-hydroxylation sites is 2. The first-order valence-electron chi connectivity index (χ1n) is 17.1. The van der Waals surface area contributed by atoms with Gasteiger partial charge in [0, 0.05) is 16.3 Å². The Labute approximate surface area is 271 Å². The smallest absolute Gasteiger partial charge is 0.145 e. The molecular formula is C43H42N2O. The second kappa shape index (κ2) is 11.6. The number of hydrogen-bond donors (Lipinski definition) is 0. The highest BCUT2D eigenvalue weighted by Gasteiger charge is 2.24. The second-order valence-electron chi connectivity index (χ2n) is 13.8. The van der Waals surface area contributed by atoms with Crippen molar-refractivity contribution in [2.45, 2.75) is 77.6 Å². The van der Waals surface area contributed by atoms with Crippen molar-refractivity contribution in [3.05, 3.63) is 120 Å². The van der Waals surface area contributed by atoms with Gasteiger partial charge in [-0.15, -0.1) is 0 Å². The minimum absolute atomic E-state index is 0.323. The molecule has 3 heteroatoms. The Hall–Kier alpha value is -4.63. The van der Waals surface area contributed by atoms with Crippen LogP contribution >= 0.6 is 0 Å². The van der Waals surface area contributed by atoms with Crippen molar-refractivity contribution in [3.8, 4) is 28.2 Å². The summed E-state index contributed by atoms with van der Waals surface area (Å²) < 4.78 is 8.82. The number of fused-ring (bicyclic) bond motifs is 4. The minimum Gasteiger partial charge on any atom is -0.456 e. The van der Waals surface area contributed by atoms with Gasteiger partial charge in [-0.2, -0.15) is 0 Å². The van der Waals surface area contributed by atoms with Crippen LogP contribution in [0.15, 0.2) is 108 Å². The van der Waals surface area contributed by atoms with Crippen LogP contribution in [-0.2, 0) is 0 Å². The Kier molecular flexibility index (Phi) is 7.28. The lowest BCUT2D eigenvalue weighted by atomic mass is 9.84. The Morgan fingerprint density at radius 1 is 0.630 bits per heavy atom. The average Bonchev–Trinajstić information content (AvgIpc) is 3.66. The fourth-order valence-corrected chi connectivity index (χ4v) is 7.69. The largest absolute Gasteiger partial charge is 0.456 e. The lowest BCUT2D eigenvalue weighted by Gasteiger charge is -2.24. The maximum Gasteiger partial charge on any atom is 0.145 e. The highest BCUT2D eigenvalue weighted by Crippen LogP contribution is 2.42. The molecule has 1 aliphatic carbocycles. The van der Waals surface area contributed by atoms with Crippen LogP contribution < -0.4 is 0 Å². The van der Waals surface area contributed by atoms with Crippen molar-refractivity contribution in [1.82, 2.24) is 9.55 Å². The van der Waals surface area contributed by atoms with E-state index in [1.165, 1.54) is 71.0 Å². The number of furan rings is 1. The summed E-state index contributed by atoms with van der Waals surface area (Å²) in [5, 5.41) is 2.37. The molecule has 1 aliphatic rings. The molecule has 7 aromatic rings. The molecule has 0 spiro atoms. The maximum atomic E-state index is 6.39. The first-order valence-corrected chi connectivity index (χ1v) is 17.1. The molecule has 3 nitrogen and oxygen atoms in total. The molecule has 0 unspecified atom stereocenters. The van der Waals surface area contributed by atoms with E-state index in [0.29, 0.717) is 17.8 Å². The highest BCUT2D eigenvalue weighted by molar-refractivity contribution is 6.06. The molecule has 2 heterocycles. The Morgan fingerprint density at radius 2 is 1.28 bits per heavy atom. The molecule has 1 saturated carbocycles. The fraction of sp³-hybridized carbons (Fsp3) is 0.279. The van der Waals surface area contributed by atoms with E-state index in [4.69, 9.17) is 9.40 Å². The molecule has 0 atom stereocenters. The number of nitrogens with zero attached hydrogens (tertiary/aromatic N) is 2. The zero-order valence-corrected chi connectivity index (χ0v) is 27.4. The second-order valence-corrected chi connectivity index (χ2v) is 13.8. The SMILES string of the molecule is CC(C)c1cc(-c2ccccc2)cc(C(C)C)c1-n1c(-c2ccc3oc4ccc(C5CCCCC5)cc4c3c2)nc2ccccc21. The van der Waals surface area contributed by atoms with E-state index in [0.717, 1.165) is 39.0 Å². The molecule has 2 aromatic heterocycles. The molecule has 230 valence electrons. The van der Waals surface area contributed by atoms with Crippen molar-refractivity contribution < 1.29 is 4.42 Å². The lowest BCUT2D eigenvalue weighted by molar-refractivity contribution is 0.444. The summed E-state index contributed by atoms with van der Waals surface area (Å²) in [6, 6.07) is 37.7. The van der Waals surface area contributed by atoms with Crippen LogP contribution in [0, 0.1) is 0 Å². The molecule has 0 N–H and O–H groups in total. The first-order chi connectivity index (χ1) is 22.5. The number of rotatable bonds is 6. The summed E-state index contributed by atoms with van der Waals surface area (Å²) in [7, 11) is 0. The van der Waals surface area contributed by atoms with Gasteiger partial charge in [0.1, 0.15) is 17.0 Å². The van der Waals surface area contributed by atoms with Crippen LogP contribution in [0.3, 0.4) is 0 Å². The molecule has 8 rings (SSSR count). The zero-order valence-electron chi connectivity index (χ0n) is 27.4. The van der Waals surface area contributed by atoms with Crippen molar-refractivity contribution >= 4 is 33.0 Å². The highest BCUT2D eigenvalue weighted by atomic mass is 16.3. The third-order valence-electron chi connectivity index (χ3n) is 10.1. The molecule has 0 bridgehead atoms. The van der Waals surface area contributed by atoms with E-state index in [1.54, 1.807) is 0 Å². The van der Waals surface area contributed by atoms with Crippen LogP contribution in [0.1, 0.15) is 94.2 Å². The third kappa shape index (κ3) is 4.94. The minimum atomic E-state index is 0.323. The number of imidazole rings is 1. The first kappa shape index (κ1) is 28.8. The Morgan fingerprint density at radius 3 is 2.00 bits per heavy atom. The molecule has 0 saturated heterocycles. The summed E-state index contributed by atoms with van der Waals surface area (Å²) >= 11 is 0. The molecule has 0 radical (unpaired) electrons. The quantitative estimate of drug-likeness (QED) is 0.190. The van der Waals surface area contributed by atoms with Crippen molar-refractivity contribution in [1.29, 1.82) is 0 Å². The van der Waals surface area contributed by atoms with Crippen LogP contribution in [0.2, 0.25) is 0 Å². The van der Waals surface area contributed by atoms with Gasteiger partial charge in [0.15, 0.2) is 0 Å². The van der Waals surface area contributed by atoms with Crippen LogP contribution in [-0.4, -0.2) is 9.55 Å². The van der Waals surface area contributed by atoms with Gasteiger partial charge in [-0.3, -0.25) is 4.57 Å². The maximum absolute atomic E-state index is 6.39. The van der Waals surface area contributed by atoms with Gasteiger partial charge in [0.2, 0.25) is 0 Å². The van der Waals surface area contributed by atoms with E-state index in [-0.39, 0.29) is 0 Å². The third-order valence-corrected chi connectivity index (χ3v) is 10.1. The van der Waals surface area contributed by atoms with Gasteiger partial charge in [-0.1, -0.05) is 95.5 Å². The van der Waals surface area contributed by atoms with Crippen molar-refractivity contribution in [2.75, 3.05) is 0 Å². The van der Waals surface area contributed by atoms with Gasteiger partial charge in [0.25, 0.3) is 0 Å². The van der Waals surface area contributed by atoms with E-state index in [2.05, 4.69) is 135 Å². The van der Waals surface area contributed by atoms with Crippen LogP contribution in [0.25, 0.3) is 61.2 Å². The normalized spacial score (nSPS) is 14.4. The van der Waals surface area contributed by atoms with Gasteiger partial charge in [0.05, 0.1) is 16.7 Å². The van der Waals surface area contributed by atoms with Crippen LogP contribution in [0.5, 0.6) is 0 Å². The molecule has 0 aliphatic heterocycles. The summed E-state index contributed by atoms with van der Waals surface area (Å²) in [6.45, 7) is 9.24. The number of benzene rings is 5. The predicted octanol–water partition coefficient (Wildman–Crippen LogP) is 12.6. The van der Waals surface area contributed by atoms with Crippen LogP contribution in [0.4, 0.5) is 0 Å². The molecule has 5 aromatic carbocycles.